The Labute approximate surface area is 184 Å². The van der Waals surface area contributed by atoms with Gasteiger partial charge in [0, 0.05) is 12.6 Å². The average molecular weight is 439 g/mol. The van der Waals surface area contributed by atoms with Crippen molar-refractivity contribution < 1.29 is 9.18 Å². The van der Waals surface area contributed by atoms with Crippen LogP contribution in [0, 0.1) is 17.1 Å². The second-order valence-electron chi connectivity index (χ2n) is 7.04. The molecule has 0 saturated carbocycles. The number of halogens is 1. The number of rotatable bonds is 8. The lowest BCUT2D eigenvalue weighted by atomic mass is 10.2. The van der Waals surface area contributed by atoms with Crippen molar-refractivity contribution in [2.45, 2.75) is 37.9 Å². The smallest absolute Gasteiger partial charge is 0.262 e. The van der Waals surface area contributed by atoms with Crippen LogP contribution in [0.5, 0.6) is 0 Å². The van der Waals surface area contributed by atoms with E-state index in [2.05, 4.69) is 4.98 Å². The summed E-state index contributed by atoms with van der Waals surface area (Å²) < 4.78 is 15.9. The summed E-state index contributed by atoms with van der Waals surface area (Å²) >= 11 is 1.15. The number of fused-ring (bicyclic) bond motifs is 1. The lowest BCUT2D eigenvalue weighted by Crippen LogP contribution is -2.34. The third-order valence-electron chi connectivity index (χ3n) is 5.02. The Balaban J connectivity index is 1.93. The molecular formula is C23H23FN4O2S. The number of nitriles is 1. The van der Waals surface area contributed by atoms with Crippen LogP contribution in [0.25, 0.3) is 10.9 Å². The largest absolute Gasteiger partial charge is 0.308 e. The number of benzene rings is 2. The Morgan fingerprint density at radius 1 is 1.26 bits per heavy atom. The first kappa shape index (κ1) is 22.5. The van der Waals surface area contributed by atoms with Crippen LogP contribution in [0.15, 0.2) is 58.5 Å². The fourth-order valence-corrected chi connectivity index (χ4v) is 4.19. The number of hydrogen-bond acceptors (Lipinski definition) is 5. The van der Waals surface area contributed by atoms with E-state index >= 15 is 0 Å². The van der Waals surface area contributed by atoms with E-state index in [1.54, 1.807) is 34.9 Å². The van der Waals surface area contributed by atoms with E-state index in [4.69, 9.17) is 5.26 Å². The van der Waals surface area contributed by atoms with Crippen molar-refractivity contribution >= 4 is 34.3 Å². The third kappa shape index (κ3) is 4.94. The summed E-state index contributed by atoms with van der Waals surface area (Å²) in [6, 6.07) is 15.0. The van der Waals surface area contributed by atoms with Crippen LogP contribution in [-0.2, 0) is 4.79 Å². The number of nitrogens with zero attached hydrogens (tertiary/aromatic N) is 4. The molecule has 0 radical (unpaired) electrons. The predicted molar refractivity (Wildman–Crippen MR) is 121 cm³/mol. The average Bonchev–Trinajstić information content (AvgIpc) is 2.78. The summed E-state index contributed by atoms with van der Waals surface area (Å²) in [4.78, 5) is 31.9. The van der Waals surface area contributed by atoms with E-state index in [1.165, 1.54) is 17.0 Å². The van der Waals surface area contributed by atoms with Gasteiger partial charge in [0.15, 0.2) is 5.16 Å². The summed E-state index contributed by atoms with van der Waals surface area (Å²) in [7, 11) is 0. The van der Waals surface area contributed by atoms with Crippen LogP contribution >= 0.6 is 11.8 Å². The molecule has 3 rings (SSSR count). The highest BCUT2D eigenvalue weighted by atomic mass is 32.2. The first-order chi connectivity index (χ1) is 15.0. The molecule has 0 aliphatic heterocycles. The highest BCUT2D eigenvalue weighted by Crippen LogP contribution is 2.25. The number of para-hydroxylation sites is 2. The van der Waals surface area contributed by atoms with Gasteiger partial charge < -0.3 is 4.90 Å². The molecule has 1 amide bonds. The Bertz CT molecular complexity index is 1190. The van der Waals surface area contributed by atoms with E-state index in [-0.39, 0.29) is 41.9 Å². The molecule has 1 atom stereocenters. The second-order valence-corrected chi connectivity index (χ2v) is 7.98. The number of carbonyl (C=O) groups excluding carboxylic acids is 1. The van der Waals surface area contributed by atoms with Gasteiger partial charge in [-0.05, 0) is 37.6 Å². The number of aromatic nitrogens is 2. The van der Waals surface area contributed by atoms with Gasteiger partial charge in [-0.2, -0.15) is 5.26 Å². The number of anilines is 1. The lowest BCUT2D eigenvalue weighted by Gasteiger charge is -2.23. The minimum absolute atomic E-state index is 0.0407. The van der Waals surface area contributed by atoms with E-state index in [0.29, 0.717) is 16.1 Å². The van der Waals surface area contributed by atoms with Gasteiger partial charge in [0.2, 0.25) is 5.91 Å². The SMILES string of the molecule is CCC(C)n1c(SCC(=O)N(CCC#N)c2ccccc2F)nc2ccccc2c1=O. The maximum atomic E-state index is 14.3. The molecule has 3 aromatic rings. The van der Waals surface area contributed by atoms with Crippen molar-refractivity contribution in [3.63, 3.8) is 0 Å². The van der Waals surface area contributed by atoms with Gasteiger partial charge in [-0.1, -0.05) is 43.0 Å². The van der Waals surface area contributed by atoms with E-state index in [9.17, 15) is 14.0 Å². The Morgan fingerprint density at radius 2 is 1.97 bits per heavy atom. The molecule has 0 aliphatic rings. The first-order valence-electron chi connectivity index (χ1n) is 10.0. The van der Waals surface area contributed by atoms with Crippen molar-refractivity contribution in [3.8, 4) is 6.07 Å². The molecule has 6 nitrogen and oxygen atoms in total. The van der Waals surface area contributed by atoms with Gasteiger partial charge in [0.05, 0.1) is 34.8 Å². The van der Waals surface area contributed by atoms with Crippen molar-refractivity contribution in [2.75, 3.05) is 17.2 Å². The molecular weight excluding hydrogens is 415 g/mol. The summed E-state index contributed by atoms with van der Waals surface area (Å²) in [6.45, 7) is 4.00. The minimum Gasteiger partial charge on any atom is -0.308 e. The van der Waals surface area contributed by atoms with E-state index < -0.39 is 5.82 Å². The molecule has 0 fully saturated rings. The molecule has 31 heavy (non-hydrogen) atoms. The third-order valence-corrected chi connectivity index (χ3v) is 5.96. The topological polar surface area (TPSA) is 79.0 Å². The van der Waals surface area contributed by atoms with Gasteiger partial charge in [0.25, 0.3) is 5.56 Å². The predicted octanol–water partition coefficient (Wildman–Crippen LogP) is 4.55. The quantitative estimate of drug-likeness (QED) is 0.381. The fraction of sp³-hybridized carbons (Fsp3) is 0.304. The van der Waals surface area contributed by atoms with E-state index in [0.717, 1.165) is 18.2 Å². The molecule has 0 spiro atoms. The summed E-state index contributed by atoms with van der Waals surface area (Å²) in [5, 5.41) is 9.91. The van der Waals surface area contributed by atoms with E-state index in [1.807, 2.05) is 26.0 Å². The van der Waals surface area contributed by atoms with Crippen LogP contribution in [0.3, 0.4) is 0 Å². The van der Waals surface area contributed by atoms with Crippen LogP contribution in [0.1, 0.15) is 32.7 Å². The summed E-state index contributed by atoms with van der Waals surface area (Å²) in [6.07, 6.45) is 0.807. The highest BCUT2D eigenvalue weighted by molar-refractivity contribution is 7.99. The fourth-order valence-electron chi connectivity index (χ4n) is 3.21. The van der Waals surface area contributed by atoms with Crippen molar-refractivity contribution in [1.29, 1.82) is 5.26 Å². The van der Waals surface area contributed by atoms with Gasteiger partial charge in [-0.25, -0.2) is 9.37 Å². The Kier molecular flexibility index (Phi) is 7.42. The van der Waals surface area contributed by atoms with Crippen molar-refractivity contribution in [3.05, 3.63) is 64.7 Å². The monoisotopic (exact) mass is 438 g/mol. The zero-order chi connectivity index (χ0) is 22.4. The number of carbonyl (C=O) groups is 1. The van der Waals surface area contributed by atoms with Crippen LogP contribution in [0.4, 0.5) is 10.1 Å². The molecule has 0 saturated heterocycles. The van der Waals surface area contributed by atoms with Crippen LogP contribution in [0.2, 0.25) is 0 Å². The minimum atomic E-state index is -0.529. The standard InChI is InChI=1S/C23H23FN4O2S/c1-3-16(2)28-22(30)17-9-4-6-11-19(17)26-23(28)31-15-21(29)27(14-8-13-25)20-12-7-5-10-18(20)24/h4-7,9-12,16H,3,8,14-15H2,1-2H3. The molecule has 8 heteroatoms. The normalized spacial score (nSPS) is 11.8. The van der Waals surface area contributed by atoms with Crippen LogP contribution in [-0.4, -0.2) is 27.8 Å². The maximum Gasteiger partial charge on any atom is 0.262 e. The zero-order valence-corrected chi connectivity index (χ0v) is 18.2. The summed E-state index contributed by atoms with van der Waals surface area (Å²) in [5.74, 6) is -0.927. The maximum absolute atomic E-state index is 14.3. The van der Waals surface area contributed by atoms with Crippen LogP contribution < -0.4 is 10.5 Å². The number of hydrogen-bond donors (Lipinski definition) is 0. The highest BCUT2D eigenvalue weighted by Gasteiger charge is 2.21. The molecule has 0 bridgehead atoms. The Hall–Kier alpha value is -3.18. The lowest BCUT2D eigenvalue weighted by molar-refractivity contribution is -0.116. The Morgan fingerprint density at radius 3 is 2.68 bits per heavy atom. The van der Waals surface area contributed by atoms with Crippen molar-refractivity contribution in [1.82, 2.24) is 9.55 Å². The van der Waals surface area contributed by atoms with Gasteiger partial charge in [-0.3, -0.25) is 14.2 Å². The molecule has 160 valence electrons. The summed E-state index contributed by atoms with van der Waals surface area (Å²) in [5.41, 5.74) is 0.553. The number of amides is 1. The molecule has 1 aromatic heterocycles. The molecule has 0 aliphatic carbocycles. The molecule has 1 unspecified atom stereocenters. The molecule has 2 aromatic carbocycles. The molecule has 1 heterocycles. The second kappa shape index (κ2) is 10.2. The zero-order valence-electron chi connectivity index (χ0n) is 17.4. The van der Waals surface area contributed by atoms with Gasteiger partial charge >= 0.3 is 0 Å². The molecule has 0 N–H and O–H groups in total. The number of thioether (sulfide) groups is 1. The van der Waals surface area contributed by atoms with Crippen molar-refractivity contribution in [2.24, 2.45) is 0 Å². The van der Waals surface area contributed by atoms with Gasteiger partial charge in [-0.15, -0.1) is 0 Å². The first-order valence-corrected chi connectivity index (χ1v) is 11.0. The van der Waals surface area contributed by atoms with Gasteiger partial charge in [0.1, 0.15) is 5.82 Å².